The molecule has 0 radical (unpaired) electrons. The van der Waals surface area contributed by atoms with Crippen molar-refractivity contribution in [1.29, 1.82) is 0 Å². The fraction of sp³-hybridized carbons (Fsp3) is 0.261. The molecule has 0 saturated carbocycles. The van der Waals surface area contributed by atoms with E-state index in [2.05, 4.69) is 46.4 Å². The molecule has 0 atom stereocenters. The lowest BCUT2D eigenvalue weighted by molar-refractivity contribution is 0.0951. The highest BCUT2D eigenvalue weighted by atomic mass is 16.1. The summed E-state index contributed by atoms with van der Waals surface area (Å²) in [6.45, 7) is 4.71. The second-order valence-corrected chi connectivity index (χ2v) is 7.16. The van der Waals surface area contributed by atoms with Gasteiger partial charge in [-0.15, -0.1) is 0 Å². The van der Waals surface area contributed by atoms with Crippen LogP contribution >= 0.6 is 0 Å². The normalized spacial score (nSPS) is 15.1. The number of hydrogen-bond donors (Lipinski definition) is 1. The molecule has 0 bridgehead atoms. The maximum atomic E-state index is 12.7. The first-order valence-electron chi connectivity index (χ1n) is 9.49. The van der Waals surface area contributed by atoms with E-state index >= 15 is 0 Å². The summed E-state index contributed by atoms with van der Waals surface area (Å²) in [4.78, 5) is 17.4. The number of nitrogens with zero attached hydrogens (tertiary/aromatic N) is 2. The first-order valence-corrected chi connectivity index (χ1v) is 9.49. The summed E-state index contributed by atoms with van der Waals surface area (Å²) < 4.78 is 0. The Bertz CT molecular complexity index is 945. The van der Waals surface area contributed by atoms with Gasteiger partial charge in [-0.3, -0.25) is 4.79 Å². The maximum absolute atomic E-state index is 12.7. The zero-order chi connectivity index (χ0) is 18.6. The molecule has 0 unspecified atom stereocenters. The number of nitrogens with one attached hydrogen (secondary N) is 1. The zero-order valence-corrected chi connectivity index (χ0v) is 15.7. The van der Waals surface area contributed by atoms with Crippen molar-refractivity contribution in [2.75, 3.05) is 38.1 Å². The van der Waals surface area contributed by atoms with Crippen LogP contribution in [0.5, 0.6) is 0 Å². The minimum absolute atomic E-state index is 0.0334. The van der Waals surface area contributed by atoms with Crippen LogP contribution in [0.15, 0.2) is 66.7 Å². The molecule has 1 heterocycles. The summed E-state index contributed by atoms with van der Waals surface area (Å²) in [5, 5.41) is 5.33. The number of carbonyl (C=O) groups is 1. The fourth-order valence-corrected chi connectivity index (χ4v) is 3.62. The smallest absolute Gasteiger partial charge is 0.251 e. The summed E-state index contributed by atoms with van der Waals surface area (Å²) in [6, 6.07) is 22.3. The molecule has 1 aliphatic heterocycles. The van der Waals surface area contributed by atoms with Gasteiger partial charge in [-0.25, -0.2) is 0 Å². The van der Waals surface area contributed by atoms with Crippen LogP contribution in [-0.4, -0.2) is 44.0 Å². The van der Waals surface area contributed by atoms with Gasteiger partial charge in [0, 0.05) is 44.0 Å². The third-order valence-electron chi connectivity index (χ3n) is 5.29. The number of hydrogen-bond acceptors (Lipinski definition) is 3. The summed E-state index contributed by atoms with van der Waals surface area (Å²) in [5.74, 6) is -0.0334. The average Bonchev–Trinajstić information content (AvgIpc) is 2.72. The van der Waals surface area contributed by atoms with E-state index in [1.807, 2.05) is 42.5 Å². The standard InChI is InChI=1S/C23H25N3O/c1-25-12-14-26(15-13-25)22-9-5-4-8-21(22)17-24-23(27)20-11-10-18-6-2-3-7-19(18)16-20/h2-11,16H,12-15,17H2,1H3,(H,24,27). The molecule has 4 nitrogen and oxygen atoms in total. The number of anilines is 1. The lowest BCUT2D eigenvalue weighted by atomic mass is 10.1. The number of piperazine rings is 1. The monoisotopic (exact) mass is 359 g/mol. The van der Waals surface area contributed by atoms with Gasteiger partial charge in [-0.2, -0.15) is 0 Å². The number of benzene rings is 3. The number of likely N-dealkylation sites (N-methyl/N-ethyl adjacent to an activating group) is 1. The number of carbonyl (C=O) groups excluding carboxylic acids is 1. The highest BCUT2D eigenvalue weighted by molar-refractivity contribution is 5.98. The molecule has 1 aliphatic rings. The van der Waals surface area contributed by atoms with Gasteiger partial charge in [0.05, 0.1) is 0 Å². The average molecular weight is 359 g/mol. The van der Waals surface area contributed by atoms with Crippen molar-refractivity contribution in [2.45, 2.75) is 6.54 Å². The van der Waals surface area contributed by atoms with E-state index in [9.17, 15) is 4.79 Å². The van der Waals surface area contributed by atoms with Crippen molar-refractivity contribution in [3.8, 4) is 0 Å². The molecule has 0 aromatic heterocycles. The molecule has 138 valence electrons. The van der Waals surface area contributed by atoms with Gasteiger partial charge < -0.3 is 15.1 Å². The number of fused-ring (bicyclic) bond motifs is 1. The third-order valence-corrected chi connectivity index (χ3v) is 5.29. The van der Waals surface area contributed by atoms with Crippen molar-refractivity contribution < 1.29 is 4.79 Å². The van der Waals surface area contributed by atoms with E-state index in [4.69, 9.17) is 0 Å². The minimum atomic E-state index is -0.0334. The highest BCUT2D eigenvalue weighted by Crippen LogP contribution is 2.22. The van der Waals surface area contributed by atoms with E-state index in [0.29, 0.717) is 12.1 Å². The first kappa shape index (κ1) is 17.6. The molecule has 0 aliphatic carbocycles. The molecule has 1 N–H and O–H groups in total. The van der Waals surface area contributed by atoms with Crippen LogP contribution in [0.2, 0.25) is 0 Å². The Morgan fingerprint density at radius 2 is 1.59 bits per heavy atom. The van der Waals surface area contributed by atoms with Gasteiger partial charge >= 0.3 is 0 Å². The lowest BCUT2D eigenvalue weighted by Crippen LogP contribution is -2.45. The van der Waals surface area contributed by atoms with Gasteiger partial charge in [0.15, 0.2) is 0 Å². The Balaban J connectivity index is 1.47. The van der Waals surface area contributed by atoms with Gasteiger partial charge in [0.25, 0.3) is 5.91 Å². The summed E-state index contributed by atoms with van der Waals surface area (Å²) in [7, 11) is 2.16. The predicted octanol–water partition coefficient (Wildman–Crippen LogP) is 3.52. The number of amides is 1. The minimum Gasteiger partial charge on any atom is -0.369 e. The molecule has 1 saturated heterocycles. The zero-order valence-electron chi connectivity index (χ0n) is 15.7. The van der Waals surface area contributed by atoms with Crippen LogP contribution < -0.4 is 10.2 Å². The van der Waals surface area contributed by atoms with Crippen LogP contribution in [0.4, 0.5) is 5.69 Å². The van der Waals surface area contributed by atoms with Crippen molar-refractivity contribution in [2.24, 2.45) is 0 Å². The van der Waals surface area contributed by atoms with Crippen molar-refractivity contribution >= 4 is 22.4 Å². The highest BCUT2D eigenvalue weighted by Gasteiger charge is 2.17. The second-order valence-electron chi connectivity index (χ2n) is 7.16. The molecule has 3 aromatic carbocycles. The van der Waals surface area contributed by atoms with Gasteiger partial charge in [0.2, 0.25) is 0 Å². The molecule has 1 amide bonds. The molecule has 27 heavy (non-hydrogen) atoms. The van der Waals surface area contributed by atoms with Crippen molar-refractivity contribution in [3.63, 3.8) is 0 Å². The molecular weight excluding hydrogens is 334 g/mol. The van der Waals surface area contributed by atoms with Gasteiger partial charge in [-0.1, -0.05) is 48.5 Å². The SMILES string of the molecule is CN1CCN(c2ccccc2CNC(=O)c2ccc3ccccc3c2)CC1. The molecule has 1 fully saturated rings. The Labute approximate surface area is 160 Å². The van der Waals surface area contributed by atoms with E-state index in [-0.39, 0.29) is 5.91 Å². The topological polar surface area (TPSA) is 35.6 Å². The Hall–Kier alpha value is -2.85. The number of rotatable bonds is 4. The molecule has 3 aromatic rings. The van der Waals surface area contributed by atoms with Crippen molar-refractivity contribution in [3.05, 3.63) is 77.9 Å². The summed E-state index contributed by atoms with van der Waals surface area (Å²) in [5.41, 5.74) is 3.09. The van der Waals surface area contributed by atoms with E-state index < -0.39 is 0 Å². The molecular formula is C23H25N3O. The van der Waals surface area contributed by atoms with Crippen molar-refractivity contribution in [1.82, 2.24) is 10.2 Å². The van der Waals surface area contributed by atoms with E-state index in [1.165, 1.54) is 5.69 Å². The van der Waals surface area contributed by atoms with Crippen LogP contribution in [0.3, 0.4) is 0 Å². The second kappa shape index (κ2) is 7.80. The number of para-hydroxylation sites is 1. The van der Waals surface area contributed by atoms with Crippen LogP contribution in [0.1, 0.15) is 15.9 Å². The van der Waals surface area contributed by atoms with Crippen LogP contribution in [0, 0.1) is 0 Å². The third kappa shape index (κ3) is 3.96. The first-order chi connectivity index (χ1) is 13.2. The van der Waals surface area contributed by atoms with Crippen LogP contribution in [-0.2, 0) is 6.54 Å². The Morgan fingerprint density at radius 1 is 0.889 bits per heavy atom. The Morgan fingerprint density at radius 3 is 2.41 bits per heavy atom. The molecule has 0 spiro atoms. The fourth-order valence-electron chi connectivity index (χ4n) is 3.62. The van der Waals surface area contributed by atoms with Gasteiger partial charge in [0.1, 0.15) is 0 Å². The quantitative estimate of drug-likeness (QED) is 0.774. The lowest BCUT2D eigenvalue weighted by Gasteiger charge is -2.35. The van der Waals surface area contributed by atoms with Gasteiger partial charge in [-0.05, 0) is 41.6 Å². The van der Waals surface area contributed by atoms with E-state index in [1.54, 1.807) is 0 Å². The largest absolute Gasteiger partial charge is 0.369 e. The molecule has 4 heteroatoms. The summed E-state index contributed by atoms with van der Waals surface area (Å²) in [6.07, 6.45) is 0. The molecule has 4 rings (SSSR count). The van der Waals surface area contributed by atoms with Crippen LogP contribution in [0.25, 0.3) is 10.8 Å². The Kier molecular flexibility index (Phi) is 5.07. The summed E-state index contributed by atoms with van der Waals surface area (Å²) >= 11 is 0. The van der Waals surface area contributed by atoms with E-state index in [0.717, 1.165) is 42.5 Å². The maximum Gasteiger partial charge on any atom is 0.251 e. The predicted molar refractivity (Wildman–Crippen MR) is 111 cm³/mol.